The molecule has 3 rings (SSSR count). The first kappa shape index (κ1) is 20.7. The maximum absolute atomic E-state index is 12.9. The molecule has 1 amide bonds. The summed E-state index contributed by atoms with van der Waals surface area (Å²) in [7, 11) is 3.06. The molecule has 29 heavy (non-hydrogen) atoms. The highest BCUT2D eigenvalue weighted by molar-refractivity contribution is 5.78. The molecule has 1 fully saturated rings. The van der Waals surface area contributed by atoms with E-state index >= 15 is 0 Å². The number of nitrogens with one attached hydrogen (secondary N) is 1. The predicted octanol–water partition coefficient (Wildman–Crippen LogP) is 2.40. The Labute approximate surface area is 169 Å². The van der Waals surface area contributed by atoms with E-state index in [2.05, 4.69) is 9.97 Å². The first-order chi connectivity index (χ1) is 14.0. The average molecular weight is 401 g/mol. The molecule has 0 bridgehead atoms. The Kier molecular flexibility index (Phi) is 6.41. The lowest BCUT2D eigenvalue weighted by Gasteiger charge is -2.25. The summed E-state index contributed by atoms with van der Waals surface area (Å²) in [5.41, 5.74) is 1.25. The van der Waals surface area contributed by atoms with Crippen LogP contribution in [0.5, 0.6) is 17.2 Å². The van der Waals surface area contributed by atoms with Crippen molar-refractivity contribution >= 4 is 5.91 Å². The summed E-state index contributed by atoms with van der Waals surface area (Å²) in [5, 5.41) is 0. The van der Waals surface area contributed by atoms with Gasteiger partial charge in [-0.15, -0.1) is 0 Å². The molecule has 1 aliphatic heterocycles. The molecule has 0 spiro atoms. The zero-order chi connectivity index (χ0) is 21.0. The van der Waals surface area contributed by atoms with Crippen molar-refractivity contribution in [3.63, 3.8) is 0 Å². The van der Waals surface area contributed by atoms with Crippen molar-refractivity contribution in [3.05, 3.63) is 45.6 Å². The first-order valence-electron chi connectivity index (χ1n) is 9.73. The Hall–Kier alpha value is -3.03. The number of methoxy groups -OCH3 is 2. The van der Waals surface area contributed by atoms with Gasteiger partial charge >= 0.3 is 0 Å². The highest BCUT2D eigenvalue weighted by atomic mass is 16.5. The SMILES string of the molecule is CCc1c(C)nc([C@@H]2CCCN2C(=O)COc2c(OC)cccc2OC)[nH]c1=O. The van der Waals surface area contributed by atoms with Crippen LogP contribution in [0.2, 0.25) is 0 Å². The Morgan fingerprint density at radius 1 is 1.28 bits per heavy atom. The summed E-state index contributed by atoms with van der Waals surface area (Å²) in [6.07, 6.45) is 2.21. The van der Waals surface area contributed by atoms with Gasteiger partial charge in [-0.3, -0.25) is 9.59 Å². The van der Waals surface area contributed by atoms with Crippen LogP contribution in [0, 0.1) is 6.92 Å². The number of amides is 1. The highest BCUT2D eigenvalue weighted by Crippen LogP contribution is 2.37. The van der Waals surface area contributed by atoms with Crippen molar-refractivity contribution in [1.29, 1.82) is 0 Å². The molecule has 1 N–H and O–H groups in total. The zero-order valence-electron chi connectivity index (χ0n) is 17.3. The lowest BCUT2D eigenvalue weighted by molar-refractivity contribution is -0.134. The lowest BCUT2D eigenvalue weighted by atomic mass is 10.1. The van der Waals surface area contributed by atoms with Gasteiger partial charge in [-0.2, -0.15) is 0 Å². The van der Waals surface area contributed by atoms with Crippen LogP contribution in [-0.2, 0) is 11.2 Å². The van der Waals surface area contributed by atoms with E-state index in [1.54, 1.807) is 23.1 Å². The number of aryl methyl sites for hydroxylation is 1. The third-order valence-corrected chi connectivity index (χ3v) is 5.21. The fourth-order valence-corrected chi connectivity index (χ4v) is 3.73. The van der Waals surface area contributed by atoms with E-state index in [0.717, 1.165) is 12.8 Å². The third-order valence-electron chi connectivity index (χ3n) is 5.21. The second-order valence-electron chi connectivity index (χ2n) is 6.89. The lowest BCUT2D eigenvalue weighted by Crippen LogP contribution is -2.36. The quantitative estimate of drug-likeness (QED) is 0.766. The molecule has 0 unspecified atom stereocenters. The van der Waals surface area contributed by atoms with Gasteiger partial charge in [0, 0.05) is 17.8 Å². The monoisotopic (exact) mass is 401 g/mol. The molecule has 1 saturated heterocycles. The summed E-state index contributed by atoms with van der Waals surface area (Å²) in [5.74, 6) is 1.72. The van der Waals surface area contributed by atoms with E-state index in [9.17, 15) is 9.59 Å². The van der Waals surface area contributed by atoms with Gasteiger partial charge in [0.15, 0.2) is 18.1 Å². The van der Waals surface area contributed by atoms with Crippen molar-refractivity contribution < 1.29 is 19.0 Å². The molecule has 0 aliphatic carbocycles. The number of rotatable bonds is 7. The fraction of sp³-hybridized carbons (Fsp3) is 0.476. The van der Waals surface area contributed by atoms with Gasteiger partial charge < -0.3 is 24.1 Å². The topological polar surface area (TPSA) is 93.8 Å². The number of carbonyl (C=O) groups is 1. The van der Waals surface area contributed by atoms with E-state index in [1.165, 1.54) is 14.2 Å². The van der Waals surface area contributed by atoms with Crippen molar-refractivity contribution in [3.8, 4) is 17.2 Å². The normalized spacial score (nSPS) is 16.0. The number of hydrogen-bond acceptors (Lipinski definition) is 6. The number of hydrogen-bond donors (Lipinski definition) is 1. The van der Waals surface area contributed by atoms with Crippen molar-refractivity contribution in [2.75, 3.05) is 27.4 Å². The van der Waals surface area contributed by atoms with Gasteiger partial charge in [-0.1, -0.05) is 13.0 Å². The molecular formula is C21H27N3O5. The van der Waals surface area contributed by atoms with Crippen LogP contribution < -0.4 is 19.8 Å². The van der Waals surface area contributed by atoms with Crippen LogP contribution in [0.4, 0.5) is 0 Å². The molecule has 1 aromatic carbocycles. The second-order valence-corrected chi connectivity index (χ2v) is 6.89. The molecule has 1 aromatic heterocycles. The molecule has 8 heteroatoms. The van der Waals surface area contributed by atoms with Crippen LogP contribution >= 0.6 is 0 Å². The molecule has 8 nitrogen and oxygen atoms in total. The number of carbonyl (C=O) groups excluding carboxylic acids is 1. The van der Waals surface area contributed by atoms with Gasteiger partial charge in [0.05, 0.1) is 20.3 Å². The zero-order valence-corrected chi connectivity index (χ0v) is 17.3. The van der Waals surface area contributed by atoms with Crippen molar-refractivity contribution in [2.24, 2.45) is 0 Å². The Morgan fingerprint density at radius 2 is 1.97 bits per heavy atom. The molecule has 2 heterocycles. The van der Waals surface area contributed by atoms with E-state index in [1.807, 2.05) is 13.8 Å². The Balaban J connectivity index is 1.77. The van der Waals surface area contributed by atoms with E-state index in [-0.39, 0.29) is 24.1 Å². The number of aromatic amines is 1. The number of para-hydroxylation sites is 1. The van der Waals surface area contributed by atoms with Gasteiger partial charge in [-0.25, -0.2) is 4.98 Å². The Morgan fingerprint density at radius 3 is 2.55 bits per heavy atom. The minimum Gasteiger partial charge on any atom is -0.493 e. The average Bonchev–Trinajstić information content (AvgIpc) is 3.21. The van der Waals surface area contributed by atoms with Gasteiger partial charge in [-0.05, 0) is 38.3 Å². The van der Waals surface area contributed by atoms with Crippen LogP contribution in [0.1, 0.15) is 42.9 Å². The number of aromatic nitrogens is 2. The smallest absolute Gasteiger partial charge is 0.261 e. The van der Waals surface area contributed by atoms with E-state index in [0.29, 0.717) is 47.3 Å². The second kappa shape index (κ2) is 8.98. The van der Waals surface area contributed by atoms with Crippen molar-refractivity contribution in [1.82, 2.24) is 14.9 Å². The molecule has 1 atom stereocenters. The minimum atomic E-state index is -0.261. The number of nitrogens with zero attached hydrogens (tertiary/aromatic N) is 2. The van der Waals surface area contributed by atoms with E-state index in [4.69, 9.17) is 14.2 Å². The highest BCUT2D eigenvalue weighted by Gasteiger charge is 2.32. The summed E-state index contributed by atoms with van der Waals surface area (Å²) in [4.78, 5) is 34.4. The molecule has 0 radical (unpaired) electrons. The van der Waals surface area contributed by atoms with Crippen LogP contribution in [0.15, 0.2) is 23.0 Å². The first-order valence-corrected chi connectivity index (χ1v) is 9.73. The maximum atomic E-state index is 12.9. The third kappa shape index (κ3) is 4.21. The summed E-state index contributed by atoms with van der Waals surface area (Å²) in [6.45, 7) is 4.18. The molecule has 156 valence electrons. The minimum absolute atomic E-state index is 0.135. The van der Waals surface area contributed by atoms with Gasteiger partial charge in [0.2, 0.25) is 5.75 Å². The molecule has 2 aromatic rings. The number of benzene rings is 1. The van der Waals surface area contributed by atoms with Crippen LogP contribution in [0.3, 0.4) is 0 Å². The molecular weight excluding hydrogens is 374 g/mol. The predicted molar refractivity (Wildman–Crippen MR) is 108 cm³/mol. The number of ether oxygens (including phenoxy) is 3. The standard InChI is InChI=1S/C21H27N3O5/c1-5-14-13(2)22-20(23-21(14)26)15-8-7-11-24(15)18(25)12-29-19-16(27-3)9-6-10-17(19)28-4/h6,9-10,15H,5,7-8,11-12H2,1-4H3,(H,22,23,26)/t15-/m0/s1. The molecule has 1 aliphatic rings. The molecule has 0 saturated carbocycles. The van der Waals surface area contributed by atoms with E-state index < -0.39 is 0 Å². The summed E-state index contributed by atoms with van der Waals surface area (Å²) >= 11 is 0. The number of H-pyrrole nitrogens is 1. The Bertz CT molecular complexity index is 918. The van der Waals surface area contributed by atoms with Crippen LogP contribution in [-0.4, -0.2) is 48.1 Å². The van der Waals surface area contributed by atoms with Crippen LogP contribution in [0.25, 0.3) is 0 Å². The largest absolute Gasteiger partial charge is 0.493 e. The van der Waals surface area contributed by atoms with Crippen molar-refractivity contribution in [2.45, 2.75) is 39.2 Å². The fourth-order valence-electron chi connectivity index (χ4n) is 3.73. The van der Waals surface area contributed by atoms with Gasteiger partial charge in [0.25, 0.3) is 11.5 Å². The number of likely N-dealkylation sites (tertiary alicyclic amines) is 1. The summed E-state index contributed by atoms with van der Waals surface area (Å²) in [6, 6.07) is 5.01. The maximum Gasteiger partial charge on any atom is 0.261 e. The van der Waals surface area contributed by atoms with Gasteiger partial charge in [0.1, 0.15) is 5.82 Å². The summed E-state index contributed by atoms with van der Waals surface area (Å²) < 4.78 is 16.4.